The van der Waals surface area contributed by atoms with Gasteiger partial charge in [-0.1, -0.05) is 24.3 Å². The summed E-state index contributed by atoms with van der Waals surface area (Å²) in [6.45, 7) is 0.273. The molecule has 1 aromatic heterocycles. The summed E-state index contributed by atoms with van der Waals surface area (Å²) in [6, 6.07) is 11.3. The van der Waals surface area contributed by atoms with Gasteiger partial charge in [-0.2, -0.15) is 13.2 Å². The van der Waals surface area contributed by atoms with E-state index in [2.05, 4.69) is 4.98 Å². The first-order valence-corrected chi connectivity index (χ1v) is 10.8. The molecule has 8 nitrogen and oxygen atoms in total. The quantitative estimate of drug-likeness (QED) is 0.512. The number of hydrogen-bond acceptors (Lipinski definition) is 7. The molecule has 0 spiro atoms. The number of esters is 1. The zero-order chi connectivity index (χ0) is 25.3. The first kappa shape index (κ1) is 24.7. The van der Waals surface area contributed by atoms with Crippen LogP contribution in [0.3, 0.4) is 0 Å². The van der Waals surface area contributed by atoms with Gasteiger partial charge in [0.05, 0.1) is 18.7 Å². The molecule has 0 amide bonds. The minimum absolute atomic E-state index is 0.0453. The Kier molecular flexibility index (Phi) is 6.84. The molecule has 1 saturated heterocycles. The van der Waals surface area contributed by atoms with E-state index in [4.69, 9.17) is 9.47 Å². The molecule has 2 N–H and O–H groups in total. The average molecular weight is 491 g/mol. The molecule has 1 aliphatic rings. The predicted octanol–water partition coefficient (Wildman–Crippen LogP) is 2.80. The number of halogens is 3. The SMILES string of the molecule is CN(C)CC(=O)OC[C@@H]1CN(c2ccc3cc(-c4ccccc4C(F)(F)F)[nH]c(=O)c3c2)C(O)O1. The lowest BCUT2D eigenvalue weighted by Gasteiger charge is -2.21. The Labute approximate surface area is 198 Å². The fourth-order valence-corrected chi connectivity index (χ4v) is 3.95. The third-order valence-corrected chi connectivity index (χ3v) is 5.54. The molecule has 2 heterocycles. The maximum Gasteiger partial charge on any atom is 0.417 e. The second-order valence-electron chi connectivity index (χ2n) is 8.48. The smallest absolute Gasteiger partial charge is 0.417 e. The number of nitrogens with zero attached hydrogens (tertiary/aromatic N) is 2. The average Bonchev–Trinajstić information content (AvgIpc) is 3.17. The number of carbonyl (C=O) groups is 1. The number of carbonyl (C=O) groups excluding carboxylic acids is 1. The molecule has 11 heteroatoms. The molecule has 4 rings (SSSR count). The van der Waals surface area contributed by atoms with Gasteiger partial charge in [-0.25, -0.2) is 0 Å². The van der Waals surface area contributed by atoms with Crippen LogP contribution >= 0.6 is 0 Å². The Morgan fingerprint density at radius 2 is 1.97 bits per heavy atom. The monoisotopic (exact) mass is 491 g/mol. The molecular formula is C24H24F3N3O5. The highest BCUT2D eigenvalue weighted by Crippen LogP contribution is 2.36. The number of H-pyrrole nitrogens is 1. The molecule has 1 unspecified atom stereocenters. The highest BCUT2D eigenvalue weighted by molar-refractivity contribution is 5.88. The van der Waals surface area contributed by atoms with Gasteiger partial charge >= 0.3 is 12.1 Å². The standard InChI is InChI=1S/C24H24F3N3O5/c1-29(2)12-21(31)34-13-16-11-30(23(33)35-16)15-8-7-14-9-20(28-22(32)18(14)10-15)17-5-3-4-6-19(17)24(25,26)27/h3-10,16,23,33H,11-13H2,1-2H3,(H,28,32)/t16-,23?/m0/s1. The lowest BCUT2D eigenvalue weighted by atomic mass is 10.0. The van der Waals surface area contributed by atoms with Crippen molar-refractivity contribution in [1.29, 1.82) is 0 Å². The van der Waals surface area contributed by atoms with E-state index in [1.807, 2.05) is 0 Å². The Bertz CT molecular complexity index is 1290. The summed E-state index contributed by atoms with van der Waals surface area (Å²) in [4.78, 5) is 30.2. The number of nitrogens with one attached hydrogen (secondary N) is 1. The Morgan fingerprint density at radius 3 is 2.69 bits per heavy atom. The van der Waals surface area contributed by atoms with Gasteiger partial charge in [0.1, 0.15) is 12.7 Å². The van der Waals surface area contributed by atoms with Crippen molar-refractivity contribution in [3.63, 3.8) is 0 Å². The molecule has 0 radical (unpaired) electrons. The Hall–Kier alpha value is -3.41. The van der Waals surface area contributed by atoms with Crippen molar-refractivity contribution >= 4 is 22.4 Å². The molecule has 1 fully saturated rings. The molecule has 2 atom stereocenters. The number of pyridine rings is 1. The number of benzene rings is 2. The second kappa shape index (κ2) is 9.68. The van der Waals surface area contributed by atoms with Gasteiger partial charge in [0.15, 0.2) is 0 Å². The van der Waals surface area contributed by atoms with Crippen LogP contribution in [0.15, 0.2) is 53.3 Å². The van der Waals surface area contributed by atoms with Crippen molar-refractivity contribution in [3.8, 4) is 11.3 Å². The van der Waals surface area contributed by atoms with Gasteiger partial charge in [0, 0.05) is 22.3 Å². The van der Waals surface area contributed by atoms with Crippen molar-refractivity contribution in [2.24, 2.45) is 0 Å². The van der Waals surface area contributed by atoms with E-state index in [1.54, 1.807) is 31.1 Å². The number of anilines is 1. The number of aromatic nitrogens is 1. The Morgan fingerprint density at radius 1 is 1.23 bits per heavy atom. The highest BCUT2D eigenvalue weighted by atomic mass is 19.4. The lowest BCUT2D eigenvalue weighted by molar-refractivity contribution is -0.152. The minimum atomic E-state index is -4.57. The number of ether oxygens (including phenoxy) is 2. The number of aliphatic hydroxyl groups is 1. The molecule has 1 aliphatic heterocycles. The van der Waals surface area contributed by atoms with E-state index < -0.39 is 35.8 Å². The van der Waals surface area contributed by atoms with E-state index in [0.29, 0.717) is 11.1 Å². The van der Waals surface area contributed by atoms with Crippen molar-refractivity contribution in [1.82, 2.24) is 9.88 Å². The predicted molar refractivity (Wildman–Crippen MR) is 123 cm³/mol. The second-order valence-corrected chi connectivity index (χ2v) is 8.48. The van der Waals surface area contributed by atoms with Crippen LogP contribution in [0.5, 0.6) is 0 Å². The van der Waals surface area contributed by atoms with Gasteiger partial charge in [-0.05, 0) is 43.7 Å². The van der Waals surface area contributed by atoms with Crippen LogP contribution < -0.4 is 10.5 Å². The number of aromatic amines is 1. The largest absolute Gasteiger partial charge is 0.462 e. The van der Waals surface area contributed by atoms with E-state index in [1.165, 1.54) is 35.2 Å². The lowest BCUT2D eigenvalue weighted by Crippen LogP contribution is -2.30. The number of fused-ring (bicyclic) bond motifs is 1. The van der Waals surface area contributed by atoms with Gasteiger partial charge in [-0.3, -0.25) is 14.5 Å². The summed E-state index contributed by atoms with van der Waals surface area (Å²) in [7, 11) is 3.47. The van der Waals surface area contributed by atoms with E-state index in [-0.39, 0.29) is 36.3 Å². The van der Waals surface area contributed by atoms with Crippen molar-refractivity contribution < 1.29 is 32.5 Å². The summed E-state index contributed by atoms with van der Waals surface area (Å²) >= 11 is 0. The number of alkyl halides is 3. The van der Waals surface area contributed by atoms with E-state index >= 15 is 0 Å². The van der Waals surface area contributed by atoms with Gasteiger partial charge in [0.25, 0.3) is 5.56 Å². The molecule has 186 valence electrons. The van der Waals surface area contributed by atoms with E-state index in [9.17, 15) is 27.9 Å². The highest BCUT2D eigenvalue weighted by Gasteiger charge is 2.34. The molecule has 0 bridgehead atoms. The summed E-state index contributed by atoms with van der Waals surface area (Å²) in [5, 5.41) is 11.0. The van der Waals surface area contributed by atoms with Gasteiger partial charge in [0.2, 0.25) is 6.41 Å². The summed E-state index contributed by atoms with van der Waals surface area (Å²) < 4.78 is 50.9. The van der Waals surface area contributed by atoms with Gasteiger partial charge in [-0.15, -0.1) is 0 Å². The molecule has 3 aromatic rings. The molecular weight excluding hydrogens is 467 g/mol. The van der Waals surface area contributed by atoms with Crippen LogP contribution in [0.1, 0.15) is 5.56 Å². The maximum atomic E-state index is 13.4. The first-order valence-electron chi connectivity index (χ1n) is 10.8. The van der Waals surface area contributed by atoms with Crippen LogP contribution in [-0.4, -0.2) is 67.3 Å². The first-order chi connectivity index (χ1) is 16.5. The molecule has 0 saturated carbocycles. The minimum Gasteiger partial charge on any atom is -0.462 e. The summed E-state index contributed by atoms with van der Waals surface area (Å²) in [5.41, 5.74) is -1.02. The zero-order valence-corrected chi connectivity index (χ0v) is 19.0. The van der Waals surface area contributed by atoms with Crippen LogP contribution in [0.2, 0.25) is 0 Å². The van der Waals surface area contributed by atoms with Crippen molar-refractivity contribution in [2.75, 3.05) is 38.7 Å². The Balaban J connectivity index is 1.57. The number of hydrogen-bond donors (Lipinski definition) is 2. The van der Waals surface area contributed by atoms with Crippen LogP contribution in [0.25, 0.3) is 22.0 Å². The topological polar surface area (TPSA) is 95.1 Å². The van der Waals surface area contributed by atoms with Crippen LogP contribution in [0, 0.1) is 0 Å². The number of likely N-dealkylation sites (N-methyl/N-ethyl adjacent to an activating group) is 1. The maximum absolute atomic E-state index is 13.4. The number of rotatable bonds is 6. The van der Waals surface area contributed by atoms with Crippen molar-refractivity contribution in [2.45, 2.75) is 18.7 Å². The van der Waals surface area contributed by atoms with Gasteiger partial charge < -0.3 is 24.5 Å². The van der Waals surface area contributed by atoms with E-state index in [0.717, 1.165) is 6.07 Å². The molecule has 2 aromatic carbocycles. The van der Waals surface area contributed by atoms with Crippen LogP contribution in [0.4, 0.5) is 18.9 Å². The molecule has 35 heavy (non-hydrogen) atoms. The summed E-state index contributed by atoms with van der Waals surface area (Å²) in [6.07, 6.45) is -6.47. The van der Waals surface area contributed by atoms with Crippen LogP contribution in [-0.2, 0) is 20.4 Å². The fourth-order valence-electron chi connectivity index (χ4n) is 3.95. The fraction of sp³-hybridized carbons (Fsp3) is 0.333. The molecule has 0 aliphatic carbocycles. The summed E-state index contributed by atoms with van der Waals surface area (Å²) in [5.74, 6) is -0.424. The normalized spacial score (nSPS) is 18.4. The van der Waals surface area contributed by atoms with Crippen molar-refractivity contribution in [3.05, 3.63) is 64.4 Å². The zero-order valence-electron chi connectivity index (χ0n) is 19.0. The third-order valence-electron chi connectivity index (χ3n) is 5.54. The third kappa shape index (κ3) is 5.47. The number of aliphatic hydroxyl groups excluding tert-OH is 1.